The van der Waals surface area contributed by atoms with Crippen molar-refractivity contribution < 1.29 is 4.79 Å². The molecule has 100 valence electrons. The normalized spacial score (nSPS) is 10.4. The quantitative estimate of drug-likeness (QED) is 0.799. The van der Waals surface area contributed by atoms with Crippen molar-refractivity contribution in [1.29, 1.82) is 0 Å². The maximum atomic E-state index is 12.1. The maximum Gasteiger partial charge on any atom is 0.275 e. The summed E-state index contributed by atoms with van der Waals surface area (Å²) in [6, 6.07) is 10.8. The van der Waals surface area contributed by atoms with Crippen molar-refractivity contribution in [2.45, 2.75) is 0 Å². The van der Waals surface area contributed by atoms with Crippen LogP contribution in [0, 0.1) is 0 Å². The lowest BCUT2D eigenvalue weighted by Gasteiger charge is -2.03. The average molecular weight is 304 g/mol. The lowest BCUT2D eigenvalue weighted by Crippen LogP contribution is -2.12. The van der Waals surface area contributed by atoms with E-state index in [0.717, 1.165) is 5.13 Å². The van der Waals surface area contributed by atoms with Crippen LogP contribution in [0.2, 0.25) is 5.02 Å². The summed E-state index contributed by atoms with van der Waals surface area (Å²) in [5.41, 5.74) is 1.04. The fourth-order valence-electron chi connectivity index (χ4n) is 1.71. The smallest absolute Gasteiger partial charge is 0.275 e. The predicted octanol–water partition coefficient (Wildman–Crippen LogP) is 3.84. The molecular weight excluding hydrogens is 294 g/mol. The van der Waals surface area contributed by atoms with Gasteiger partial charge < -0.3 is 9.88 Å². The number of benzene rings is 1. The van der Waals surface area contributed by atoms with Gasteiger partial charge in [0.15, 0.2) is 5.13 Å². The zero-order valence-electron chi connectivity index (χ0n) is 10.3. The van der Waals surface area contributed by atoms with E-state index in [4.69, 9.17) is 11.6 Å². The second-order valence-electron chi connectivity index (χ2n) is 4.07. The minimum Gasteiger partial charge on any atom is -0.321 e. The molecule has 4 nitrogen and oxygen atoms in total. The third kappa shape index (κ3) is 2.74. The zero-order valence-corrected chi connectivity index (χ0v) is 11.9. The summed E-state index contributed by atoms with van der Waals surface area (Å²) in [6.07, 6.45) is 3.77. The van der Waals surface area contributed by atoms with Crippen LogP contribution in [0.3, 0.4) is 0 Å². The van der Waals surface area contributed by atoms with Crippen LogP contribution >= 0.6 is 22.9 Å². The lowest BCUT2D eigenvalue weighted by molar-refractivity contribution is 0.102. The molecule has 2 aromatic heterocycles. The van der Waals surface area contributed by atoms with E-state index in [0.29, 0.717) is 16.4 Å². The second kappa shape index (κ2) is 5.48. The summed E-state index contributed by atoms with van der Waals surface area (Å²) in [7, 11) is 0. The van der Waals surface area contributed by atoms with Gasteiger partial charge in [-0.25, -0.2) is 4.98 Å². The van der Waals surface area contributed by atoms with E-state index in [1.807, 2.05) is 29.1 Å². The van der Waals surface area contributed by atoms with Crippen molar-refractivity contribution in [2.24, 2.45) is 0 Å². The summed E-state index contributed by atoms with van der Waals surface area (Å²) in [4.78, 5) is 16.4. The summed E-state index contributed by atoms with van der Waals surface area (Å²) < 4.78 is 1.86. The van der Waals surface area contributed by atoms with E-state index in [1.54, 1.807) is 29.6 Å². The molecule has 0 atom stereocenters. The van der Waals surface area contributed by atoms with E-state index in [2.05, 4.69) is 10.3 Å². The van der Waals surface area contributed by atoms with Crippen LogP contribution in [0.4, 0.5) is 5.69 Å². The van der Waals surface area contributed by atoms with Crippen LogP contribution in [-0.4, -0.2) is 15.5 Å². The number of carbonyl (C=O) groups excluding carboxylic acids is 1. The molecule has 0 unspecified atom stereocenters. The Morgan fingerprint density at radius 3 is 2.80 bits per heavy atom. The van der Waals surface area contributed by atoms with Gasteiger partial charge in [0.25, 0.3) is 5.91 Å². The highest BCUT2D eigenvalue weighted by Gasteiger charge is 2.11. The number of hydrogen-bond donors (Lipinski definition) is 1. The Kier molecular flexibility index (Phi) is 3.54. The molecule has 1 aromatic carbocycles. The number of carbonyl (C=O) groups is 1. The van der Waals surface area contributed by atoms with E-state index in [9.17, 15) is 4.79 Å². The van der Waals surface area contributed by atoms with E-state index >= 15 is 0 Å². The van der Waals surface area contributed by atoms with Crippen molar-refractivity contribution in [2.75, 3.05) is 5.32 Å². The Morgan fingerprint density at radius 1 is 1.25 bits per heavy atom. The van der Waals surface area contributed by atoms with Gasteiger partial charge in [0.05, 0.1) is 0 Å². The van der Waals surface area contributed by atoms with Crippen molar-refractivity contribution in [1.82, 2.24) is 9.55 Å². The van der Waals surface area contributed by atoms with Crippen molar-refractivity contribution in [3.8, 4) is 5.13 Å². The van der Waals surface area contributed by atoms with Crippen molar-refractivity contribution >= 4 is 34.5 Å². The Morgan fingerprint density at radius 2 is 2.05 bits per heavy atom. The van der Waals surface area contributed by atoms with Crippen molar-refractivity contribution in [3.63, 3.8) is 0 Å². The Hall–Kier alpha value is -2.11. The Labute approximate surface area is 124 Å². The first-order valence-corrected chi connectivity index (χ1v) is 7.14. The molecule has 1 amide bonds. The highest BCUT2D eigenvalue weighted by atomic mass is 35.5. The monoisotopic (exact) mass is 303 g/mol. The second-order valence-corrected chi connectivity index (χ2v) is 5.34. The summed E-state index contributed by atoms with van der Waals surface area (Å²) >= 11 is 7.29. The number of nitrogens with one attached hydrogen (secondary N) is 1. The van der Waals surface area contributed by atoms with E-state index < -0.39 is 0 Å². The molecule has 20 heavy (non-hydrogen) atoms. The Bertz CT molecular complexity index is 736. The molecule has 0 fully saturated rings. The molecule has 3 aromatic rings. The molecule has 6 heteroatoms. The van der Waals surface area contributed by atoms with Gasteiger partial charge in [0, 0.05) is 28.5 Å². The van der Waals surface area contributed by atoms with Gasteiger partial charge in [0.2, 0.25) is 0 Å². The van der Waals surface area contributed by atoms with E-state index in [-0.39, 0.29) is 5.91 Å². The molecule has 0 spiro atoms. The highest BCUT2D eigenvalue weighted by molar-refractivity contribution is 7.12. The zero-order chi connectivity index (χ0) is 13.9. The molecule has 0 aliphatic heterocycles. The van der Waals surface area contributed by atoms with Gasteiger partial charge in [-0.2, -0.15) is 0 Å². The minimum atomic E-state index is -0.248. The SMILES string of the molecule is O=C(Nc1cccc(Cl)c1)c1csc(-n2cccc2)n1. The topological polar surface area (TPSA) is 46.9 Å². The molecule has 1 N–H and O–H groups in total. The van der Waals surface area contributed by atoms with Gasteiger partial charge in [-0.15, -0.1) is 11.3 Å². The number of anilines is 1. The first-order valence-electron chi connectivity index (χ1n) is 5.88. The van der Waals surface area contributed by atoms with Crippen LogP contribution in [-0.2, 0) is 0 Å². The number of amides is 1. The molecule has 0 saturated heterocycles. The summed E-state index contributed by atoms with van der Waals surface area (Å²) in [5, 5.41) is 5.83. The molecule has 0 aliphatic carbocycles. The number of halogens is 1. The van der Waals surface area contributed by atoms with Crippen LogP contribution < -0.4 is 5.32 Å². The molecule has 0 saturated carbocycles. The first-order chi connectivity index (χ1) is 9.72. The van der Waals surface area contributed by atoms with Crippen LogP contribution in [0.15, 0.2) is 54.2 Å². The first kappa shape index (κ1) is 12.9. The number of aromatic nitrogens is 2. The average Bonchev–Trinajstić information content (AvgIpc) is 3.10. The van der Waals surface area contributed by atoms with Crippen LogP contribution in [0.1, 0.15) is 10.5 Å². The number of thiazole rings is 1. The maximum absolute atomic E-state index is 12.1. The fraction of sp³-hybridized carbons (Fsp3) is 0. The number of rotatable bonds is 3. The third-order valence-electron chi connectivity index (χ3n) is 2.63. The number of nitrogens with zero attached hydrogens (tertiary/aromatic N) is 2. The summed E-state index contributed by atoms with van der Waals surface area (Å²) in [5.74, 6) is -0.248. The van der Waals surface area contributed by atoms with Gasteiger partial charge >= 0.3 is 0 Å². The lowest BCUT2D eigenvalue weighted by atomic mass is 10.3. The minimum absolute atomic E-state index is 0.248. The van der Waals surface area contributed by atoms with E-state index in [1.165, 1.54) is 11.3 Å². The standard InChI is InChI=1S/C14H10ClN3OS/c15-10-4-3-5-11(8-10)16-13(19)12-9-20-14(17-12)18-6-1-2-7-18/h1-9H,(H,16,19). The fourth-order valence-corrected chi connectivity index (χ4v) is 2.67. The molecule has 0 radical (unpaired) electrons. The van der Waals surface area contributed by atoms with Gasteiger partial charge in [-0.3, -0.25) is 4.79 Å². The number of hydrogen-bond acceptors (Lipinski definition) is 3. The Balaban J connectivity index is 1.78. The molecule has 2 heterocycles. The summed E-state index contributed by atoms with van der Waals surface area (Å²) in [6.45, 7) is 0. The third-order valence-corrected chi connectivity index (χ3v) is 3.72. The molecule has 3 rings (SSSR count). The molecule has 0 bridgehead atoms. The predicted molar refractivity (Wildman–Crippen MR) is 80.8 cm³/mol. The van der Waals surface area contributed by atoms with Gasteiger partial charge in [-0.1, -0.05) is 17.7 Å². The molecular formula is C14H10ClN3OS. The highest BCUT2D eigenvalue weighted by Crippen LogP contribution is 2.18. The van der Waals surface area contributed by atoms with Crippen LogP contribution in [0.25, 0.3) is 5.13 Å². The van der Waals surface area contributed by atoms with Gasteiger partial charge in [-0.05, 0) is 30.3 Å². The molecule has 0 aliphatic rings. The van der Waals surface area contributed by atoms with Crippen molar-refractivity contribution in [3.05, 3.63) is 64.9 Å². The van der Waals surface area contributed by atoms with Crippen LogP contribution in [0.5, 0.6) is 0 Å². The van der Waals surface area contributed by atoms with Gasteiger partial charge in [0.1, 0.15) is 5.69 Å². The largest absolute Gasteiger partial charge is 0.321 e.